The van der Waals surface area contributed by atoms with Gasteiger partial charge in [-0.2, -0.15) is 5.26 Å². The molecule has 1 atom stereocenters. The molecule has 0 rings (SSSR count). The first-order chi connectivity index (χ1) is 4.12. The molecule has 52 valence electrons. The Bertz CT molecular complexity index is 117. The fraction of sp³-hybridized carbons (Fsp3) is 0.833. The van der Waals surface area contributed by atoms with Crippen LogP contribution in [0.25, 0.3) is 0 Å². The van der Waals surface area contributed by atoms with Gasteiger partial charge in [0.15, 0.2) is 0 Å². The predicted molar refractivity (Wildman–Crippen MR) is 36.2 cm³/mol. The zero-order valence-corrected chi connectivity index (χ0v) is 6.15. The molecule has 0 saturated carbocycles. The first kappa shape index (κ1) is 8.74. The molecule has 0 spiro atoms. The van der Waals surface area contributed by atoms with Crippen molar-refractivity contribution in [1.82, 2.24) is 0 Å². The average Bonchev–Trinajstić information content (AvgIpc) is 1.84. The van der Waals surface area contributed by atoms with Gasteiger partial charge in [-0.1, -0.05) is 0 Å². The largest absolute Gasteiger partial charge is 0.376 e. The molecule has 3 heteroatoms. The van der Waals surface area contributed by atoms with Gasteiger partial charge in [0.05, 0.1) is 6.07 Å². The summed E-state index contributed by atoms with van der Waals surface area (Å²) < 4.78 is 0. The molecule has 0 aliphatic carbocycles. The minimum atomic E-state index is -1.19. The molecule has 0 amide bonds. The van der Waals surface area contributed by atoms with Crippen LogP contribution in [0.3, 0.4) is 0 Å². The SMILES string of the molecule is CC(O)(C#N)CCCCl. The Morgan fingerprint density at radius 1 is 1.78 bits per heavy atom. The molecule has 0 aliphatic heterocycles. The molecule has 0 saturated heterocycles. The lowest BCUT2D eigenvalue weighted by Gasteiger charge is -2.11. The van der Waals surface area contributed by atoms with E-state index in [0.717, 1.165) is 0 Å². The smallest absolute Gasteiger partial charge is 0.148 e. The lowest BCUT2D eigenvalue weighted by Crippen LogP contribution is -2.20. The van der Waals surface area contributed by atoms with Crippen molar-refractivity contribution in [1.29, 1.82) is 5.26 Å². The van der Waals surface area contributed by atoms with Gasteiger partial charge in [0, 0.05) is 5.88 Å². The van der Waals surface area contributed by atoms with E-state index in [4.69, 9.17) is 22.0 Å². The number of aliphatic hydroxyl groups is 1. The summed E-state index contributed by atoms with van der Waals surface area (Å²) >= 11 is 5.34. The topological polar surface area (TPSA) is 44.0 Å². The fourth-order valence-electron chi connectivity index (χ4n) is 0.467. The van der Waals surface area contributed by atoms with Crippen molar-refractivity contribution < 1.29 is 5.11 Å². The zero-order chi connectivity index (χ0) is 7.33. The minimum Gasteiger partial charge on any atom is -0.376 e. The van der Waals surface area contributed by atoms with E-state index in [-0.39, 0.29) is 0 Å². The van der Waals surface area contributed by atoms with Crippen LogP contribution >= 0.6 is 11.6 Å². The van der Waals surface area contributed by atoms with E-state index in [0.29, 0.717) is 18.7 Å². The molecule has 0 aromatic carbocycles. The van der Waals surface area contributed by atoms with E-state index in [2.05, 4.69) is 0 Å². The highest BCUT2D eigenvalue weighted by Crippen LogP contribution is 2.10. The van der Waals surface area contributed by atoms with Crippen LogP contribution in [0.5, 0.6) is 0 Å². The number of rotatable bonds is 3. The Hall–Kier alpha value is -0.260. The molecule has 2 nitrogen and oxygen atoms in total. The van der Waals surface area contributed by atoms with E-state index < -0.39 is 5.60 Å². The van der Waals surface area contributed by atoms with Crippen LogP contribution < -0.4 is 0 Å². The number of nitrogens with zero attached hydrogens (tertiary/aromatic N) is 1. The Labute approximate surface area is 60.1 Å². The summed E-state index contributed by atoms with van der Waals surface area (Å²) in [4.78, 5) is 0. The fourth-order valence-corrected chi connectivity index (χ4v) is 0.601. The van der Waals surface area contributed by atoms with Gasteiger partial charge in [0.25, 0.3) is 0 Å². The molecule has 0 radical (unpaired) electrons. The van der Waals surface area contributed by atoms with Crippen LogP contribution in [0, 0.1) is 11.3 Å². The van der Waals surface area contributed by atoms with Gasteiger partial charge in [0.2, 0.25) is 0 Å². The van der Waals surface area contributed by atoms with Crippen molar-refractivity contribution in [3.05, 3.63) is 0 Å². The summed E-state index contributed by atoms with van der Waals surface area (Å²) in [6, 6.07) is 1.77. The highest BCUT2D eigenvalue weighted by atomic mass is 35.5. The minimum absolute atomic E-state index is 0.451. The maximum Gasteiger partial charge on any atom is 0.148 e. The number of alkyl halides is 1. The predicted octanol–water partition coefficient (Wildman–Crippen LogP) is 1.28. The Balaban J connectivity index is 3.49. The second-order valence-corrected chi connectivity index (χ2v) is 2.56. The van der Waals surface area contributed by atoms with Crippen LogP contribution in [0.1, 0.15) is 19.8 Å². The molecule has 0 aliphatic rings. The van der Waals surface area contributed by atoms with E-state index in [1.807, 2.05) is 0 Å². The second-order valence-electron chi connectivity index (χ2n) is 2.18. The quantitative estimate of drug-likeness (QED) is 0.483. The molecule has 9 heavy (non-hydrogen) atoms. The third-order valence-electron chi connectivity index (χ3n) is 1.04. The molecular formula is C6H10ClNO. The normalized spacial score (nSPS) is 16.2. The van der Waals surface area contributed by atoms with Crippen LogP contribution in [0.15, 0.2) is 0 Å². The highest BCUT2D eigenvalue weighted by Gasteiger charge is 2.17. The molecule has 1 unspecified atom stereocenters. The van der Waals surface area contributed by atoms with Crippen molar-refractivity contribution >= 4 is 11.6 Å². The summed E-state index contributed by atoms with van der Waals surface area (Å²) in [7, 11) is 0. The van der Waals surface area contributed by atoms with Crippen molar-refractivity contribution in [3.8, 4) is 6.07 Å². The summed E-state index contributed by atoms with van der Waals surface area (Å²) in [5.41, 5.74) is -1.19. The maximum absolute atomic E-state index is 9.03. The van der Waals surface area contributed by atoms with Gasteiger partial charge in [0.1, 0.15) is 5.60 Å². The van der Waals surface area contributed by atoms with Crippen molar-refractivity contribution in [2.75, 3.05) is 5.88 Å². The third kappa shape index (κ3) is 4.26. The van der Waals surface area contributed by atoms with E-state index in [1.165, 1.54) is 6.92 Å². The second kappa shape index (κ2) is 3.71. The van der Waals surface area contributed by atoms with Gasteiger partial charge in [-0.05, 0) is 19.8 Å². The first-order valence-corrected chi connectivity index (χ1v) is 3.35. The van der Waals surface area contributed by atoms with Crippen molar-refractivity contribution in [3.63, 3.8) is 0 Å². The van der Waals surface area contributed by atoms with Crippen LogP contribution in [-0.2, 0) is 0 Å². The molecule has 0 aromatic heterocycles. The third-order valence-corrected chi connectivity index (χ3v) is 1.31. The number of halogens is 1. The van der Waals surface area contributed by atoms with E-state index in [1.54, 1.807) is 6.07 Å². The zero-order valence-electron chi connectivity index (χ0n) is 5.39. The molecular weight excluding hydrogens is 138 g/mol. The van der Waals surface area contributed by atoms with Crippen molar-refractivity contribution in [2.45, 2.75) is 25.4 Å². The number of hydrogen-bond acceptors (Lipinski definition) is 2. The lowest BCUT2D eigenvalue weighted by atomic mass is 10.0. The number of nitriles is 1. The average molecular weight is 148 g/mol. The van der Waals surface area contributed by atoms with Crippen molar-refractivity contribution in [2.24, 2.45) is 0 Å². The Morgan fingerprint density at radius 3 is 2.67 bits per heavy atom. The molecule has 0 fully saturated rings. The van der Waals surface area contributed by atoms with Gasteiger partial charge in [-0.3, -0.25) is 0 Å². The van der Waals surface area contributed by atoms with E-state index in [9.17, 15) is 0 Å². The maximum atomic E-state index is 9.03. The van der Waals surface area contributed by atoms with Gasteiger partial charge >= 0.3 is 0 Å². The lowest BCUT2D eigenvalue weighted by molar-refractivity contribution is 0.109. The Morgan fingerprint density at radius 2 is 2.33 bits per heavy atom. The molecule has 0 heterocycles. The summed E-state index contributed by atoms with van der Waals surface area (Å²) in [5, 5.41) is 17.3. The summed E-state index contributed by atoms with van der Waals surface area (Å²) in [6.45, 7) is 1.49. The molecule has 1 N–H and O–H groups in total. The van der Waals surface area contributed by atoms with Gasteiger partial charge in [-0.15, -0.1) is 11.6 Å². The standard InChI is InChI=1S/C6H10ClNO/c1-6(9,5-8)3-2-4-7/h9H,2-4H2,1H3. The summed E-state index contributed by atoms with van der Waals surface area (Å²) in [6.07, 6.45) is 1.13. The van der Waals surface area contributed by atoms with Gasteiger partial charge in [-0.25, -0.2) is 0 Å². The van der Waals surface area contributed by atoms with Gasteiger partial charge < -0.3 is 5.11 Å². The molecule has 0 bridgehead atoms. The van der Waals surface area contributed by atoms with Crippen LogP contribution in [-0.4, -0.2) is 16.6 Å². The monoisotopic (exact) mass is 147 g/mol. The highest BCUT2D eigenvalue weighted by molar-refractivity contribution is 6.17. The summed E-state index contributed by atoms with van der Waals surface area (Å²) in [5.74, 6) is 0.498. The van der Waals surface area contributed by atoms with E-state index >= 15 is 0 Å². The molecule has 0 aromatic rings. The Kier molecular flexibility index (Phi) is 3.60. The van der Waals surface area contributed by atoms with Crippen LogP contribution in [0.2, 0.25) is 0 Å². The first-order valence-electron chi connectivity index (χ1n) is 2.82. The number of hydrogen-bond donors (Lipinski definition) is 1. The van der Waals surface area contributed by atoms with Crippen LogP contribution in [0.4, 0.5) is 0 Å².